The summed E-state index contributed by atoms with van der Waals surface area (Å²) in [5.74, 6) is -0.535. The van der Waals surface area contributed by atoms with Crippen LogP contribution in [-0.2, 0) is 14.4 Å². The Balaban J connectivity index is -0.00000112. The Morgan fingerprint density at radius 1 is 0.500 bits per heavy atom. The number of carboxylic acid groups (broad SMARTS) is 1. The van der Waals surface area contributed by atoms with Gasteiger partial charge in [-0.3, -0.25) is 14.4 Å². The van der Waals surface area contributed by atoms with Crippen LogP contribution < -0.4 is 69.7 Å². The molecule has 0 heterocycles. The van der Waals surface area contributed by atoms with Crippen LogP contribution >= 0.6 is 0 Å². The molecule has 0 aliphatic rings. The fourth-order valence-electron chi connectivity index (χ4n) is 4.28. The zero-order valence-electron chi connectivity index (χ0n) is 28.5. The first kappa shape index (κ1) is 49.2. The van der Waals surface area contributed by atoms with Crippen LogP contribution in [0.4, 0.5) is 0 Å². The molecule has 0 saturated carbocycles. The molecular formula is C32H64N4Na2O4. The molecule has 238 valence electrons. The van der Waals surface area contributed by atoms with Gasteiger partial charge in [0.25, 0.3) is 5.97 Å². The Morgan fingerprint density at radius 3 is 1.05 bits per heavy atom. The first-order valence-electron chi connectivity index (χ1n) is 16.4. The molecule has 0 aliphatic carbocycles. The van der Waals surface area contributed by atoms with Gasteiger partial charge in [0.05, 0.1) is 0 Å². The quantitative estimate of drug-likeness (QED) is 0.0880. The van der Waals surface area contributed by atoms with Crippen molar-refractivity contribution >= 4 is 17.8 Å². The third kappa shape index (κ3) is 50.0. The minimum atomic E-state index is -0.833. The first-order valence-corrected chi connectivity index (χ1v) is 16.4. The number of hydrogen-bond acceptors (Lipinski definition) is 3. The molecule has 0 aromatic heterocycles. The van der Waals surface area contributed by atoms with Gasteiger partial charge < -0.3 is 26.4 Å². The largest absolute Gasteiger partial charge is 1.00 e. The average molecular weight is 615 g/mol. The van der Waals surface area contributed by atoms with Crippen molar-refractivity contribution < 1.29 is 78.6 Å². The van der Waals surface area contributed by atoms with Crippen molar-refractivity contribution in [2.75, 3.05) is 39.3 Å². The second-order valence-corrected chi connectivity index (χ2v) is 10.7. The van der Waals surface area contributed by atoms with Crippen LogP contribution in [0.2, 0.25) is 0 Å². The Morgan fingerprint density at radius 2 is 0.762 bits per heavy atom. The third-order valence-corrected chi connectivity index (χ3v) is 6.62. The molecule has 0 fully saturated rings. The Hall–Kier alpha value is 0.330. The fourth-order valence-corrected chi connectivity index (χ4v) is 4.28. The normalized spacial score (nSPS) is 10.1. The van der Waals surface area contributed by atoms with Gasteiger partial charge >= 0.3 is 59.1 Å². The number of carbonyl (C=O) groups is 3. The van der Waals surface area contributed by atoms with Gasteiger partial charge in [-0.15, -0.1) is 13.1 Å². The second-order valence-electron chi connectivity index (χ2n) is 10.7. The molecule has 0 spiro atoms. The minimum absolute atomic E-state index is 0. The summed E-state index contributed by atoms with van der Waals surface area (Å²) >= 11 is 0. The molecule has 0 unspecified atom stereocenters. The van der Waals surface area contributed by atoms with Crippen molar-refractivity contribution in [3.63, 3.8) is 0 Å². The Kier molecular flexibility index (Phi) is 50.9. The fraction of sp³-hybridized carbons (Fsp3) is 0.906. The van der Waals surface area contributed by atoms with E-state index in [1.54, 1.807) is 0 Å². The van der Waals surface area contributed by atoms with Crippen molar-refractivity contribution in [2.45, 2.75) is 149 Å². The van der Waals surface area contributed by atoms with Gasteiger partial charge in [0.15, 0.2) is 0 Å². The van der Waals surface area contributed by atoms with E-state index in [4.69, 9.17) is 9.90 Å². The summed E-state index contributed by atoms with van der Waals surface area (Å²) in [7, 11) is 0. The number of unbranched alkanes of at least 4 members (excludes halogenated alkanes) is 16. The van der Waals surface area contributed by atoms with Gasteiger partial charge in [-0.05, 0) is 25.9 Å². The van der Waals surface area contributed by atoms with Gasteiger partial charge in [0.2, 0.25) is 11.8 Å². The molecule has 0 bridgehead atoms. The summed E-state index contributed by atoms with van der Waals surface area (Å²) < 4.78 is 0. The topological polar surface area (TPSA) is 124 Å². The maximum absolute atomic E-state index is 11.9. The van der Waals surface area contributed by atoms with Crippen LogP contribution in [0, 0.1) is 0 Å². The number of nitrogens with zero attached hydrogens (tertiary/aromatic N) is 2. The smallest absolute Gasteiger partial charge is 0.662 e. The van der Waals surface area contributed by atoms with Crippen molar-refractivity contribution in [3.05, 3.63) is 10.6 Å². The van der Waals surface area contributed by atoms with Gasteiger partial charge in [0, 0.05) is 19.8 Å². The van der Waals surface area contributed by atoms with Crippen molar-refractivity contribution in [1.82, 2.24) is 10.6 Å². The summed E-state index contributed by atoms with van der Waals surface area (Å²) in [6.07, 6.45) is 24.2. The molecule has 2 amide bonds. The second kappa shape index (κ2) is 43.5. The van der Waals surface area contributed by atoms with E-state index < -0.39 is 5.97 Å². The maximum Gasteiger partial charge on any atom is 1.00 e. The molecule has 0 aliphatic heterocycles. The molecule has 8 nitrogen and oxygen atoms in total. The van der Waals surface area contributed by atoms with E-state index in [0.29, 0.717) is 52.1 Å². The Labute approximate surface area is 303 Å². The number of carboxylic acids is 1. The zero-order chi connectivity index (χ0) is 29.9. The standard InChI is InChI=1S/C30H60N4O2.C2H4O2.2Na/c1-3-5-7-9-11-13-15-17-19-21-29(35)33-27-25-31-23-24-32-26-28-34-30(36)22-20-18-16-14-12-10-8-6-4-2;1-2(3)4;;/h3-28H2,1-2H3,(H,33,35)(H,34,36);1H3,(H,3,4);;/q-2;;2*+1. The molecule has 0 aromatic rings. The number of nitrogens with one attached hydrogen (secondary N) is 2. The van der Waals surface area contributed by atoms with E-state index in [0.717, 1.165) is 32.6 Å². The summed E-state index contributed by atoms with van der Waals surface area (Å²) in [4.78, 5) is 32.7. The third-order valence-electron chi connectivity index (χ3n) is 6.62. The molecule has 3 N–H and O–H groups in total. The van der Waals surface area contributed by atoms with Crippen LogP contribution in [0.5, 0.6) is 0 Å². The summed E-state index contributed by atoms with van der Waals surface area (Å²) in [5, 5.41) is 22.2. The van der Waals surface area contributed by atoms with E-state index >= 15 is 0 Å². The number of hydrogen-bond donors (Lipinski definition) is 3. The molecule has 10 heteroatoms. The zero-order valence-corrected chi connectivity index (χ0v) is 32.5. The van der Waals surface area contributed by atoms with Crippen LogP contribution in [0.15, 0.2) is 0 Å². The van der Waals surface area contributed by atoms with E-state index in [2.05, 4.69) is 35.1 Å². The van der Waals surface area contributed by atoms with Gasteiger partial charge in [-0.1, -0.05) is 117 Å². The molecular weight excluding hydrogens is 550 g/mol. The number of carbonyl (C=O) groups excluding carboxylic acids is 2. The van der Waals surface area contributed by atoms with E-state index in [9.17, 15) is 9.59 Å². The SMILES string of the molecule is CC(=O)O.CCCCCCCCCCCC(=O)NCC[N-]CC[N-]CCNC(=O)CCCCCCCCCCC.[Na+].[Na+]. The first-order chi connectivity index (χ1) is 19.4. The van der Waals surface area contributed by atoms with Gasteiger partial charge in [0.1, 0.15) is 0 Å². The number of rotatable bonds is 29. The number of amides is 2. The predicted molar refractivity (Wildman–Crippen MR) is 169 cm³/mol. The van der Waals surface area contributed by atoms with Crippen LogP contribution in [0.1, 0.15) is 149 Å². The summed E-state index contributed by atoms with van der Waals surface area (Å²) in [6.45, 7) is 9.47. The van der Waals surface area contributed by atoms with Crippen LogP contribution in [0.25, 0.3) is 10.6 Å². The van der Waals surface area contributed by atoms with E-state index in [1.165, 1.54) is 89.9 Å². The summed E-state index contributed by atoms with van der Waals surface area (Å²) in [5.41, 5.74) is 0. The average Bonchev–Trinajstić information content (AvgIpc) is 2.92. The van der Waals surface area contributed by atoms with Crippen LogP contribution in [-0.4, -0.2) is 62.2 Å². The maximum atomic E-state index is 11.9. The monoisotopic (exact) mass is 614 g/mol. The molecule has 0 atom stereocenters. The Bertz CT molecular complexity index is 527. The molecule has 0 aromatic carbocycles. The van der Waals surface area contributed by atoms with Crippen molar-refractivity contribution in [2.24, 2.45) is 0 Å². The minimum Gasteiger partial charge on any atom is -0.662 e. The summed E-state index contributed by atoms with van der Waals surface area (Å²) in [6, 6.07) is 0. The molecule has 42 heavy (non-hydrogen) atoms. The molecule has 0 radical (unpaired) electrons. The van der Waals surface area contributed by atoms with E-state index in [-0.39, 0.29) is 70.9 Å². The van der Waals surface area contributed by atoms with Gasteiger partial charge in [-0.2, -0.15) is 13.1 Å². The molecule has 0 rings (SSSR count). The molecule has 0 saturated heterocycles. The van der Waals surface area contributed by atoms with Gasteiger partial charge in [-0.25, -0.2) is 0 Å². The van der Waals surface area contributed by atoms with Crippen molar-refractivity contribution in [3.8, 4) is 0 Å². The van der Waals surface area contributed by atoms with Crippen LogP contribution in [0.3, 0.4) is 0 Å². The predicted octanol–water partition coefficient (Wildman–Crippen LogP) is 1.91. The number of aliphatic carboxylic acids is 1. The van der Waals surface area contributed by atoms with E-state index in [1.807, 2.05) is 0 Å². The van der Waals surface area contributed by atoms with Crippen molar-refractivity contribution in [1.29, 1.82) is 0 Å².